The molecule has 0 spiro atoms. The van der Waals surface area contributed by atoms with E-state index in [1.165, 1.54) is 12.1 Å². The topological polar surface area (TPSA) is 58.2 Å². The van der Waals surface area contributed by atoms with Gasteiger partial charge in [0.15, 0.2) is 0 Å². The molecular formula is C19H21F2N3O2. The highest BCUT2D eigenvalue weighted by Gasteiger charge is 2.27. The number of benzene rings is 1. The van der Waals surface area contributed by atoms with Crippen molar-refractivity contribution in [3.63, 3.8) is 0 Å². The van der Waals surface area contributed by atoms with Gasteiger partial charge in [-0.3, -0.25) is 4.79 Å². The monoisotopic (exact) mass is 361 g/mol. The van der Waals surface area contributed by atoms with E-state index >= 15 is 0 Å². The van der Waals surface area contributed by atoms with Crippen LogP contribution in [-0.4, -0.2) is 40.5 Å². The van der Waals surface area contributed by atoms with Gasteiger partial charge in [-0.2, -0.15) is 0 Å². The van der Waals surface area contributed by atoms with Crippen LogP contribution in [0, 0.1) is 17.6 Å². The van der Waals surface area contributed by atoms with Crippen molar-refractivity contribution in [3.8, 4) is 11.4 Å². The SMILES string of the molecule is O=C(CC1CCCOC1)N1CCc2nc(-c3ccc(F)cc3F)[nH]c2C1. The third-order valence-electron chi connectivity index (χ3n) is 5.09. The first-order valence-electron chi connectivity index (χ1n) is 8.99. The summed E-state index contributed by atoms with van der Waals surface area (Å²) in [4.78, 5) is 21.9. The Morgan fingerprint density at radius 1 is 1.38 bits per heavy atom. The fraction of sp³-hybridized carbons (Fsp3) is 0.474. The zero-order chi connectivity index (χ0) is 18.1. The highest BCUT2D eigenvalue weighted by atomic mass is 19.1. The number of rotatable bonds is 3. The second kappa shape index (κ2) is 7.15. The quantitative estimate of drug-likeness (QED) is 0.914. The van der Waals surface area contributed by atoms with Gasteiger partial charge >= 0.3 is 0 Å². The molecule has 2 aliphatic heterocycles. The van der Waals surface area contributed by atoms with Crippen molar-refractivity contribution in [1.82, 2.24) is 14.9 Å². The molecule has 2 aromatic rings. The largest absolute Gasteiger partial charge is 0.381 e. The number of amides is 1. The first kappa shape index (κ1) is 17.1. The smallest absolute Gasteiger partial charge is 0.223 e. The summed E-state index contributed by atoms with van der Waals surface area (Å²) in [6.45, 7) is 2.49. The van der Waals surface area contributed by atoms with E-state index in [0.29, 0.717) is 44.3 Å². The van der Waals surface area contributed by atoms with Gasteiger partial charge in [0.2, 0.25) is 5.91 Å². The predicted octanol–water partition coefficient (Wildman–Crippen LogP) is 3.06. The van der Waals surface area contributed by atoms with E-state index in [4.69, 9.17) is 4.74 Å². The van der Waals surface area contributed by atoms with E-state index in [1.807, 2.05) is 4.90 Å². The Morgan fingerprint density at radius 2 is 2.27 bits per heavy atom. The molecule has 1 amide bonds. The summed E-state index contributed by atoms with van der Waals surface area (Å²) in [6.07, 6.45) is 3.17. The maximum Gasteiger partial charge on any atom is 0.223 e. The molecule has 0 radical (unpaired) electrons. The molecule has 3 heterocycles. The molecule has 1 unspecified atom stereocenters. The summed E-state index contributed by atoms with van der Waals surface area (Å²) in [5.41, 5.74) is 1.90. The van der Waals surface area contributed by atoms with Gasteiger partial charge in [0.1, 0.15) is 17.5 Å². The number of fused-ring (bicyclic) bond motifs is 1. The van der Waals surface area contributed by atoms with Gasteiger partial charge in [-0.25, -0.2) is 13.8 Å². The number of halogens is 2. The van der Waals surface area contributed by atoms with Gasteiger partial charge in [0.25, 0.3) is 0 Å². The lowest BCUT2D eigenvalue weighted by Gasteiger charge is -2.29. The van der Waals surface area contributed by atoms with Crippen molar-refractivity contribution in [2.75, 3.05) is 19.8 Å². The molecule has 1 aromatic carbocycles. The van der Waals surface area contributed by atoms with Crippen LogP contribution < -0.4 is 0 Å². The summed E-state index contributed by atoms with van der Waals surface area (Å²) >= 11 is 0. The Balaban J connectivity index is 1.47. The van der Waals surface area contributed by atoms with Crippen molar-refractivity contribution in [1.29, 1.82) is 0 Å². The van der Waals surface area contributed by atoms with E-state index in [-0.39, 0.29) is 11.5 Å². The number of H-pyrrole nitrogens is 1. The molecule has 1 atom stereocenters. The standard InChI is InChI=1S/C19H21F2N3O2/c20-13-3-4-14(15(21)9-13)19-22-16-5-6-24(10-17(16)23-19)18(25)8-12-2-1-7-26-11-12/h3-4,9,12H,1-2,5-8,10-11H2,(H,22,23). The molecule has 0 aliphatic carbocycles. The molecule has 0 saturated carbocycles. The van der Waals surface area contributed by atoms with E-state index in [9.17, 15) is 13.6 Å². The molecule has 26 heavy (non-hydrogen) atoms. The number of hydrogen-bond acceptors (Lipinski definition) is 3. The van der Waals surface area contributed by atoms with Gasteiger partial charge in [-0.1, -0.05) is 0 Å². The van der Waals surface area contributed by atoms with Crippen LogP contribution in [0.4, 0.5) is 8.78 Å². The summed E-state index contributed by atoms with van der Waals surface area (Å²) in [7, 11) is 0. The fourth-order valence-electron chi connectivity index (χ4n) is 3.66. The van der Waals surface area contributed by atoms with E-state index in [0.717, 1.165) is 36.9 Å². The van der Waals surface area contributed by atoms with Crippen LogP contribution in [0.25, 0.3) is 11.4 Å². The molecule has 1 N–H and O–H groups in total. The minimum atomic E-state index is -0.652. The van der Waals surface area contributed by atoms with Crippen molar-refractivity contribution in [2.24, 2.45) is 5.92 Å². The van der Waals surface area contributed by atoms with Gasteiger partial charge in [-0.05, 0) is 30.9 Å². The van der Waals surface area contributed by atoms with Crippen LogP contribution in [0.15, 0.2) is 18.2 Å². The molecule has 1 aromatic heterocycles. The number of aromatic amines is 1. The maximum absolute atomic E-state index is 14.0. The molecule has 5 nitrogen and oxygen atoms in total. The second-order valence-corrected chi connectivity index (χ2v) is 6.99. The van der Waals surface area contributed by atoms with Crippen molar-refractivity contribution >= 4 is 5.91 Å². The molecule has 0 bridgehead atoms. The number of hydrogen-bond donors (Lipinski definition) is 1. The number of carbonyl (C=O) groups excluding carboxylic acids is 1. The number of nitrogens with one attached hydrogen (secondary N) is 1. The molecule has 1 saturated heterocycles. The summed E-state index contributed by atoms with van der Waals surface area (Å²) in [5.74, 6) is -0.478. The first-order valence-corrected chi connectivity index (χ1v) is 8.99. The third kappa shape index (κ3) is 3.49. The lowest BCUT2D eigenvalue weighted by molar-refractivity contribution is -0.134. The Kier molecular flexibility index (Phi) is 4.72. The second-order valence-electron chi connectivity index (χ2n) is 6.99. The molecular weight excluding hydrogens is 340 g/mol. The first-order chi connectivity index (χ1) is 12.6. The van der Waals surface area contributed by atoms with E-state index in [2.05, 4.69) is 9.97 Å². The lowest BCUT2D eigenvalue weighted by atomic mass is 9.97. The normalized spacial score (nSPS) is 20.1. The molecule has 1 fully saturated rings. The predicted molar refractivity (Wildman–Crippen MR) is 91.2 cm³/mol. The number of imidazole rings is 1. The molecule has 138 valence electrons. The van der Waals surface area contributed by atoms with Gasteiger partial charge in [-0.15, -0.1) is 0 Å². The Hall–Kier alpha value is -2.28. The zero-order valence-electron chi connectivity index (χ0n) is 14.4. The summed E-state index contributed by atoms with van der Waals surface area (Å²) in [5, 5.41) is 0. The summed E-state index contributed by atoms with van der Waals surface area (Å²) in [6, 6.07) is 3.43. The van der Waals surface area contributed by atoms with Crippen molar-refractivity contribution in [2.45, 2.75) is 32.2 Å². The van der Waals surface area contributed by atoms with Crippen LogP contribution in [0.2, 0.25) is 0 Å². The van der Waals surface area contributed by atoms with Gasteiger partial charge in [0, 0.05) is 38.7 Å². The lowest BCUT2D eigenvalue weighted by Crippen LogP contribution is -2.37. The van der Waals surface area contributed by atoms with Crippen molar-refractivity contribution < 1.29 is 18.3 Å². The average Bonchev–Trinajstić information content (AvgIpc) is 3.05. The van der Waals surface area contributed by atoms with Crippen LogP contribution in [-0.2, 0) is 22.5 Å². The zero-order valence-corrected chi connectivity index (χ0v) is 14.4. The highest BCUT2D eigenvalue weighted by Crippen LogP contribution is 2.26. The molecule has 7 heteroatoms. The third-order valence-corrected chi connectivity index (χ3v) is 5.09. The highest BCUT2D eigenvalue weighted by molar-refractivity contribution is 5.76. The van der Waals surface area contributed by atoms with Crippen molar-refractivity contribution in [3.05, 3.63) is 41.2 Å². The van der Waals surface area contributed by atoms with Gasteiger partial charge < -0.3 is 14.6 Å². The maximum atomic E-state index is 14.0. The summed E-state index contributed by atoms with van der Waals surface area (Å²) < 4.78 is 32.5. The van der Waals surface area contributed by atoms with E-state index in [1.54, 1.807) is 0 Å². The van der Waals surface area contributed by atoms with Gasteiger partial charge in [0.05, 0.1) is 23.5 Å². The van der Waals surface area contributed by atoms with Crippen LogP contribution in [0.3, 0.4) is 0 Å². The van der Waals surface area contributed by atoms with Crippen LogP contribution in [0.1, 0.15) is 30.7 Å². The average molecular weight is 361 g/mol. The Bertz CT molecular complexity index is 815. The molecule has 2 aliphatic rings. The minimum Gasteiger partial charge on any atom is -0.381 e. The number of aromatic nitrogens is 2. The minimum absolute atomic E-state index is 0.121. The molecule has 4 rings (SSSR count). The van der Waals surface area contributed by atoms with Crippen LogP contribution in [0.5, 0.6) is 0 Å². The van der Waals surface area contributed by atoms with Crippen LogP contribution >= 0.6 is 0 Å². The number of ether oxygens (including phenoxy) is 1. The fourth-order valence-corrected chi connectivity index (χ4v) is 3.66. The number of nitrogens with zero attached hydrogens (tertiary/aromatic N) is 2. The number of carbonyl (C=O) groups is 1. The van der Waals surface area contributed by atoms with E-state index < -0.39 is 11.6 Å². The Morgan fingerprint density at radius 3 is 3.04 bits per heavy atom. The Labute approximate surface area is 150 Å².